The largest absolute Gasteiger partial charge is 0.309 e. The van der Waals surface area contributed by atoms with E-state index in [1.54, 1.807) is 24.3 Å². The van der Waals surface area contributed by atoms with Crippen LogP contribution in [-0.4, -0.2) is 15.0 Å². The van der Waals surface area contributed by atoms with E-state index in [9.17, 15) is 9.18 Å². The van der Waals surface area contributed by atoms with E-state index in [2.05, 4.69) is 15.0 Å². The van der Waals surface area contributed by atoms with Gasteiger partial charge in [-0.2, -0.15) is 0 Å². The average molecular weight is 269 g/mol. The Morgan fingerprint density at radius 1 is 1.10 bits per heavy atom. The molecule has 4 nitrogen and oxygen atoms in total. The summed E-state index contributed by atoms with van der Waals surface area (Å²) in [7, 11) is 0. The molecule has 2 aromatic heterocycles. The lowest BCUT2D eigenvalue weighted by Gasteiger charge is -2.04. The van der Waals surface area contributed by atoms with Gasteiger partial charge in [-0.25, -0.2) is 14.4 Å². The maximum absolute atomic E-state index is 12.9. The van der Waals surface area contributed by atoms with Gasteiger partial charge >= 0.3 is 0 Å². The van der Waals surface area contributed by atoms with Gasteiger partial charge in [-0.05, 0) is 36.4 Å². The monoisotopic (exact) mass is 269 g/mol. The topological polar surface area (TPSA) is 58.6 Å². The number of aryl methyl sites for hydroxylation is 1. The van der Waals surface area contributed by atoms with Gasteiger partial charge in [0.05, 0.1) is 11.2 Å². The van der Waals surface area contributed by atoms with E-state index in [-0.39, 0.29) is 11.4 Å². The van der Waals surface area contributed by atoms with Crippen LogP contribution >= 0.6 is 0 Å². The molecule has 0 saturated carbocycles. The standard InChI is InChI=1S/C15H12FN3O/c1-2-13-17-12-8-7-11(18-14(12)15(20)19-13)9-3-5-10(16)6-4-9/h3-8H,2H2,1H3,(H,17,19,20). The fourth-order valence-electron chi connectivity index (χ4n) is 2.02. The predicted octanol–water partition coefficient (Wildman–Crippen LogP) is 2.69. The molecular formula is C15H12FN3O. The summed E-state index contributed by atoms with van der Waals surface area (Å²) in [4.78, 5) is 23.3. The molecule has 1 aromatic carbocycles. The molecule has 0 aliphatic rings. The third-order valence-electron chi connectivity index (χ3n) is 3.08. The Morgan fingerprint density at radius 2 is 1.85 bits per heavy atom. The maximum Gasteiger partial charge on any atom is 0.277 e. The highest BCUT2D eigenvalue weighted by molar-refractivity contribution is 5.77. The lowest BCUT2D eigenvalue weighted by Crippen LogP contribution is -2.12. The van der Waals surface area contributed by atoms with E-state index in [0.717, 1.165) is 5.56 Å². The molecule has 0 aliphatic carbocycles. The van der Waals surface area contributed by atoms with Crippen molar-refractivity contribution in [2.75, 3.05) is 0 Å². The predicted molar refractivity (Wildman–Crippen MR) is 74.9 cm³/mol. The Balaban J connectivity index is 2.18. The number of benzene rings is 1. The molecule has 100 valence electrons. The van der Waals surface area contributed by atoms with Crippen LogP contribution in [0.1, 0.15) is 12.7 Å². The molecule has 20 heavy (non-hydrogen) atoms. The van der Waals surface area contributed by atoms with Crippen LogP contribution in [0.3, 0.4) is 0 Å². The van der Waals surface area contributed by atoms with Crippen LogP contribution in [0, 0.1) is 5.82 Å². The summed E-state index contributed by atoms with van der Waals surface area (Å²) in [6.45, 7) is 1.92. The lowest BCUT2D eigenvalue weighted by atomic mass is 10.1. The van der Waals surface area contributed by atoms with Gasteiger partial charge in [-0.15, -0.1) is 0 Å². The number of aromatic nitrogens is 3. The summed E-state index contributed by atoms with van der Waals surface area (Å²) >= 11 is 0. The second-order valence-electron chi connectivity index (χ2n) is 4.44. The molecule has 5 heteroatoms. The first-order valence-electron chi connectivity index (χ1n) is 6.33. The number of rotatable bonds is 2. The number of halogens is 1. The van der Waals surface area contributed by atoms with Crippen molar-refractivity contribution in [2.45, 2.75) is 13.3 Å². The van der Waals surface area contributed by atoms with Crippen molar-refractivity contribution in [3.8, 4) is 11.3 Å². The van der Waals surface area contributed by atoms with Gasteiger partial charge in [0.1, 0.15) is 11.6 Å². The van der Waals surface area contributed by atoms with Crippen molar-refractivity contribution in [1.29, 1.82) is 0 Å². The van der Waals surface area contributed by atoms with E-state index >= 15 is 0 Å². The van der Waals surface area contributed by atoms with E-state index < -0.39 is 0 Å². The van der Waals surface area contributed by atoms with Crippen molar-refractivity contribution < 1.29 is 4.39 Å². The summed E-state index contributed by atoms with van der Waals surface area (Å²) in [6.07, 6.45) is 0.658. The second-order valence-corrected chi connectivity index (χ2v) is 4.44. The van der Waals surface area contributed by atoms with Gasteiger partial charge in [-0.1, -0.05) is 6.92 Å². The SMILES string of the molecule is CCc1nc2ccc(-c3ccc(F)cc3)nc2c(=O)[nH]1. The number of hydrogen-bond donors (Lipinski definition) is 1. The number of hydrogen-bond acceptors (Lipinski definition) is 3. The number of pyridine rings is 1. The first-order chi connectivity index (χ1) is 9.67. The lowest BCUT2D eigenvalue weighted by molar-refractivity contribution is 0.628. The Morgan fingerprint density at radius 3 is 2.55 bits per heavy atom. The molecule has 0 radical (unpaired) electrons. The normalized spacial score (nSPS) is 10.9. The summed E-state index contributed by atoms with van der Waals surface area (Å²) < 4.78 is 12.9. The zero-order valence-electron chi connectivity index (χ0n) is 10.9. The van der Waals surface area contributed by atoms with E-state index in [0.29, 0.717) is 29.0 Å². The minimum absolute atomic E-state index is 0.254. The minimum Gasteiger partial charge on any atom is -0.309 e. The van der Waals surface area contributed by atoms with Crippen molar-refractivity contribution in [1.82, 2.24) is 15.0 Å². The minimum atomic E-state index is -0.304. The molecule has 0 bridgehead atoms. The average Bonchev–Trinajstić information content (AvgIpc) is 2.47. The van der Waals surface area contributed by atoms with Gasteiger partial charge in [0, 0.05) is 12.0 Å². The summed E-state index contributed by atoms with van der Waals surface area (Å²) in [6, 6.07) is 9.53. The molecular weight excluding hydrogens is 257 g/mol. The van der Waals surface area contributed by atoms with Gasteiger partial charge in [-0.3, -0.25) is 4.79 Å². The molecule has 0 saturated heterocycles. The van der Waals surface area contributed by atoms with Crippen LogP contribution in [0.5, 0.6) is 0 Å². The number of nitrogens with one attached hydrogen (secondary N) is 1. The zero-order valence-corrected chi connectivity index (χ0v) is 10.9. The van der Waals surface area contributed by atoms with Crippen molar-refractivity contribution in [2.24, 2.45) is 0 Å². The van der Waals surface area contributed by atoms with Crippen LogP contribution in [-0.2, 0) is 6.42 Å². The van der Waals surface area contributed by atoms with Gasteiger partial charge in [0.25, 0.3) is 5.56 Å². The quantitative estimate of drug-likeness (QED) is 0.778. The van der Waals surface area contributed by atoms with E-state index in [4.69, 9.17) is 0 Å². The highest BCUT2D eigenvalue weighted by Gasteiger charge is 2.07. The number of fused-ring (bicyclic) bond motifs is 1. The smallest absolute Gasteiger partial charge is 0.277 e. The zero-order chi connectivity index (χ0) is 14.1. The molecule has 3 aromatic rings. The van der Waals surface area contributed by atoms with Crippen molar-refractivity contribution in [3.05, 3.63) is 58.4 Å². The molecule has 0 aliphatic heterocycles. The molecule has 0 spiro atoms. The molecule has 0 atom stereocenters. The fourth-order valence-corrected chi connectivity index (χ4v) is 2.02. The third kappa shape index (κ3) is 2.18. The molecule has 0 fully saturated rings. The number of nitrogens with zero attached hydrogens (tertiary/aromatic N) is 2. The van der Waals surface area contributed by atoms with Crippen LogP contribution in [0.4, 0.5) is 4.39 Å². The van der Waals surface area contributed by atoms with Crippen LogP contribution in [0.2, 0.25) is 0 Å². The van der Waals surface area contributed by atoms with Crippen molar-refractivity contribution >= 4 is 11.0 Å². The Kier molecular flexibility index (Phi) is 3.02. The Hall–Kier alpha value is -2.56. The second kappa shape index (κ2) is 4.85. The van der Waals surface area contributed by atoms with Crippen LogP contribution in [0.15, 0.2) is 41.2 Å². The van der Waals surface area contributed by atoms with Crippen LogP contribution < -0.4 is 5.56 Å². The number of H-pyrrole nitrogens is 1. The fraction of sp³-hybridized carbons (Fsp3) is 0.133. The Labute approximate surface area is 114 Å². The first-order valence-corrected chi connectivity index (χ1v) is 6.33. The first kappa shape index (κ1) is 12.5. The molecule has 1 N–H and O–H groups in total. The summed E-state index contributed by atoms with van der Waals surface area (Å²) in [5.41, 5.74) is 1.98. The Bertz CT molecular complexity index is 825. The maximum atomic E-state index is 12.9. The summed E-state index contributed by atoms with van der Waals surface area (Å²) in [5, 5.41) is 0. The highest BCUT2D eigenvalue weighted by Crippen LogP contribution is 2.19. The molecule has 3 rings (SSSR count). The van der Waals surface area contributed by atoms with Gasteiger partial charge < -0.3 is 4.98 Å². The highest BCUT2D eigenvalue weighted by atomic mass is 19.1. The van der Waals surface area contributed by atoms with Gasteiger partial charge in [0.15, 0.2) is 5.52 Å². The summed E-state index contributed by atoms with van der Waals surface area (Å²) in [5.74, 6) is 0.334. The third-order valence-corrected chi connectivity index (χ3v) is 3.08. The van der Waals surface area contributed by atoms with E-state index in [1.165, 1.54) is 12.1 Å². The molecule has 0 unspecified atom stereocenters. The molecule has 0 amide bonds. The number of aromatic amines is 1. The van der Waals surface area contributed by atoms with Gasteiger partial charge in [0.2, 0.25) is 0 Å². The van der Waals surface area contributed by atoms with Crippen LogP contribution in [0.25, 0.3) is 22.3 Å². The van der Waals surface area contributed by atoms with E-state index in [1.807, 2.05) is 6.92 Å². The molecule has 2 heterocycles. The van der Waals surface area contributed by atoms with Crippen molar-refractivity contribution in [3.63, 3.8) is 0 Å².